The molecule has 0 bridgehead atoms. The minimum atomic E-state index is -0.548. The first kappa shape index (κ1) is 17.1. The highest BCUT2D eigenvalue weighted by molar-refractivity contribution is 5.54. The molecular formula is C19H22F2. The van der Waals surface area contributed by atoms with Gasteiger partial charge in [-0.2, -0.15) is 0 Å². The first-order valence-corrected chi connectivity index (χ1v) is 6.70. The van der Waals surface area contributed by atoms with Crippen molar-refractivity contribution >= 4 is 6.08 Å². The maximum Gasteiger partial charge on any atom is 0.129 e. The fourth-order valence-electron chi connectivity index (χ4n) is 2.32. The Morgan fingerprint density at radius 3 is 2.38 bits per heavy atom. The van der Waals surface area contributed by atoms with Crippen molar-refractivity contribution in [2.45, 2.75) is 33.6 Å². The van der Waals surface area contributed by atoms with Gasteiger partial charge in [-0.25, -0.2) is 8.78 Å². The Morgan fingerprint density at radius 2 is 1.81 bits per heavy atom. The van der Waals surface area contributed by atoms with E-state index in [1.165, 1.54) is 17.7 Å². The molecule has 0 amide bonds. The van der Waals surface area contributed by atoms with Crippen LogP contribution in [0, 0.1) is 11.6 Å². The van der Waals surface area contributed by atoms with Crippen LogP contribution in [0.15, 0.2) is 43.0 Å². The third kappa shape index (κ3) is 4.01. The summed E-state index contributed by atoms with van der Waals surface area (Å²) in [5.74, 6) is -0.633. The summed E-state index contributed by atoms with van der Waals surface area (Å²) in [6, 6.07) is 9.77. The standard InChI is InChI=1S/C18H18F2.CH4/c1-4-14-9-13(5-8-17(14)12(2)3)10-15-6-7-16(19)11-18(15)20;/h4-9,11-12H,1,10H2,2-3H3;1H4. The van der Waals surface area contributed by atoms with Gasteiger partial charge in [-0.1, -0.05) is 58.2 Å². The van der Waals surface area contributed by atoms with E-state index in [0.29, 0.717) is 17.9 Å². The van der Waals surface area contributed by atoms with Gasteiger partial charge in [0.15, 0.2) is 0 Å². The zero-order valence-electron chi connectivity index (χ0n) is 11.8. The van der Waals surface area contributed by atoms with Gasteiger partial charge in [-0.3, -0.25) is 0 Å². The number of rotatable bonds is 4. The fraction of sp³-hybridized carbons (Fsp3) is 0.263. The van der Waals surface area contributed by atoms with Crippen LogP contribution in [-0.4, -0.2) is 0 Å². The highest BCUT2D eigenvalue weighted by atomic mass is 19.1. The number of hydrogen-bond donors (Lipinski definition) is 0. The third-order valence-corrected chi connectivity index (χ3v) is 3.40. The summed E-state index contributed by atoms with van der Waals surface area (Å²) in [5, 5.41) is 0. The zero-order valence-corrected chi connectivity index (χ0v) is 11.8. The Hall–Kier alpha value is -1.96. The first-order valence-electron chi connectivity index (χ1n) is 6.70. The van der Waals surface area contributed by atoms with E-state index in [4.69, 9.17) is 0 Å². The Kier molecular flexibility index (Phi) is 5.83. The highest BCUT2D eigenvalue weighted by Gasteiger charge is 2.08. The molecule has 2 aromatic rings. The quantitative estimate of drug-likeness (QED) is 0.651. The van der Waals surface area contributed by atoms with Crippen LogP contribution in [0.1, 0.15) is 49.4 Å². The van der Waals surface area contributed by atoms with E-state index in [1.807, 2.05) is 18.2 Å². The van der Waals surface area contributed by atoms with Crippen LogP contribution in [0.25, 0.3) is 6.08 Å². The van der Waals surface area contributed by atoms with Gasteiger partial charge < -0.3 is 0 Å². The van der Waals surface area contributed by atoms with E-state index < -0.39 is 11.6 Å². The minimum Gasteiger partial charge on any atom is -0.207 e. The lowest BCUT2D eigenvalue weighted by molar-refractivity contribution is 0.574. The van der Waals surface area contributed by atoms with Gasteiger partial charge in [0.1, 0.15) is 11.6 Å². The molecule has 0 saturated heterocycles. The van der Waals surface area contributed by atoms with Gasteiger partial charge in [0, 0.05) is 12.5 Å². The zero-order chi connectivity index (χ0) is 14.7. The molecule has 0 unspecified atom stereocenters. The monoisotopic (exact) mass is 288 g/mol. The van der Waals surface area contributed by atoms with Crippen LogP contribution >= 0.6 is 0 Å². The third-order valence-electron chi connectivity index (χ3n) is 3.40. The van der Waals surface area contributed by atoms with Crippen LogP contribution in [0.5, 0.6) is 0 Å². The van der Waals surface area contributed by atoms with Gasteiger partial charge >= 0.3 is 0 Å². The maximum atomic E-state index is 13.7. The van der Waals surface area contributed by atoms with Crippen LogP contribution in [0.2, 0.25) is 0 Å². The molecule has 0 fully saturated rings. The summed E-state index contributed by atoms with van der Waals surface area (Å²) < 4.78 is 26.6. The lowest BCUT2D eigenvalue weighted by Gasteiger charge is -2.12. The van der Waals surface area contributed by atoms with Crippen LogP contribution in [0.3, 0.4) is 0 Å². The predicted octanol–water partition coefficient (Wildman–Crippen LogP) is 5.96. The molecule has 0 aliphatic rings. The fourth-order valence-corrected chi connectivity index (χ4v) is 2.32. The molecule has 0 aliphatic heterocycles. The molecule has 0 aliphatic carbocycles. The summed E-state index contributed by atoms with van der Waals surface area (Å²) in [6.07, 6.45) is 2.27. The van der Waals surface area contributed by atoms with Crippen LogP contribution < -0.4 is 0 Å². The molecule has 0 spiro atoms. The van der Waals surface area contributed by atoms with E-state index in [2.05, 4.69) is 26.5 Å². The average Bonchev–Trinajstić information content (AvgIpc) is 2.41. The second kappa shape index (κ2) is 7.16. The smallest absolute Gasteiger partial charge is 0.129 e. The molecule has 2 heteroatoms. The van der Waals surface area contributed by atoms with Crippen molar-refractivity contribution in [1.82, 2.24) is 0 Å². The summed E-state index contributed by atoms with van der Waals surface area (Å²) >= 11 is 0. The van der Waals surface area contributed by atoms with Crippen LogP contribution in [-0.2, 0) is 6.42 Å². The molecule has 21 heavy (non-hydrogen) atoms. The van der Waals surface area contributed by atoms with Crippen molar-refractivity contribution in [2.24, 2.45) is 0 Å². The van der Waals surface area contributed by atoms with Crippen molar-refractivity contribution in [3.8, 4) is 0 Å². The molecule has 0 radical (unpaired) electrons. The van der Waals surface area contributed by atoms with E-state index in [0.717, 1.165) is 17.2 Å². The molecule has 112 valence electrons. The lowest BCUT2D eigenvalue weighted by Crippen LogP contribution is -1.97. The Bertz CT molecular complexity index is 627. The van der Waals surface area contributed by atoms with Gasteiger partial charge in [-0.05, 0) is 34.2 Å². The minimum absolute atomic E-state index is 0. The molecule has 0 aromatic heterocycles. The average molecular weight is 288 g/mol. The number of benzene rings is 2. The molecule has 0 heterocycles. The van der Waals surface area contributed by atoms with Crippen LogP contribution in [0.4, 0.5) is 8.78 Å². The van der Waals surface area contributed by atoms with Gasteiger partial charge in [0.05, 0.1) is 0 Å². The van der Waals surface area contributed by atoms with Crippen molar-refractivity contribution in [3.05, 3.63) is 76.9 Å². The van der Waals surface area contributed by atoms with Crippen molar-refractivity contribution in [2.75, 3.05) is 0 Å². The molecular weight excluding hydrogens is 266 g/mol. The Labute approximate surface area is 126 Å². The van der Waals surface area contributed by atoms with E-state index in [1.54, 1.807) is 0 Å². The predicted molar refractivity (Wildman–Crippen MR) is 86.5 cm³/mol. The Balaban J connectivity index is 0.00000220. The summed E-state index contributed by atoms with van der Waals surface area (Å²) in [6.45, 7) is 8.08. The summed E-state index contributed by atoms with van der Waals surface area (Å²) in [7, 11) is 0. The Morgan fingerprint density at radius 1 is 1.10 bits per heavy atom. The molecule has 0 nitrogen and oxygen atoms in total. The molecule has 0 saturated carbocycles. The first-order chi connectivity index (χ1) is 9.51. The summed E-state index contributed by atoms with van der Waals surface area (Å²) in [4.78, 5) is 0. The van der Waals surface area contributed by atoms with Crippen molar-refractivity contribution in [3.63, 3.8) is 0 Å². The van der Waals surface area contributed by atoms with Gasteiger partial charge in [-0.15, -0.1) is 0 Å². The SMILES string of the molecule is C.C=Cc1cc(Cc2ccc(F)cc2F)ccc1C(C)C. The van der Waals surface area contributed by atoms with Gasteiger partial charge in [0.2, 0.25) is 0 Å². The van der Waals surface area contributed by atoms with E-state index >= 15 is 0 Å². The van der Waals surface area contributed by atoms with Crippen molar-refractivity contribution < 1.29 is 8.78 Å². The molecule has 2 rings (SSSR count). The maximum absolute atomic E-state index is 13.7. The second-order valence-corrected chi connectivity index (χ2v) is 5.23. The molecule has 0 atom stereocenters. The molecule has 0 N–H and O–H groups in total. The van der Waals surface area contributed by atoms with E-state index in [-0.39, 0.29) is 7.43 Å². The summed E-state index contributed by atoms with van der Waals surface area (Å²) in [5.41, 5.74) is 3.79. The second-order valence-electron chi connectivity index (χ2n) is 5.23. The highest BCUT2D eigenvalue weighted by Crippen LogP contribution is 2.23. The lowest BCUT2D eigenvalue weighted by atomic mass is 9.93. The number of halogens is 2. The van der Waals surface area contributed by atoms with Crippen molar-refractivity contribution in [1.29, 1.82) is 0 Å². The molecule has 2 aromatic carbocycles. The number of hydrogen-bond acceptors (Lipinski definition) is 0. The van der Waals surface area contributed by atoms with E-state index in [9.17, 15) is 8.78 Å². The largest absolute Gasteiger partial charge is 0.207 e. The normalized spacial score (nSPS) is 10.3. The van der Waals surface area contributed by atoms with Gasteiger partial charge in [0.25, 0.3) is 0 Å². The topological polar surface area (TPSA) is 0 Å².